The first-order chi connectivity index (χ1) is 28.2. The Morgan fingerprint density at radius 1 is 0.298 bits per heavy atom. The van der Waals surface area contributed by atoms with E-state index in [0.717, 1.165) is 60.5 Å². The van der Waals surface area contributed by atoms with E-state index in [9.17, 15) is 0 Å². The van der Waals surface area contributed by atoms with Gasteiger partial charge in [-0.1, -0.05) is 109 Å². The second-order valence-corrected chi connectivity index (χ2v) is 15.3. The summed E-state index contributed by atoms with van der Waals surface area (Å²) in [6.45, 7) is 0. The molecule has 0 saturated heterocycles. The van der Waals surface area contributed by atoms with Gasteiger partial charge in [0.15, 0.2) is 0 Å². The Kier molecular flexibility index (Phi) is 6.16. The lowest BCUT2D eigenvalue weighted by atomic mass is 9.96. The van der Waals surface area contributed by atoms with E-state index in [0.29, 0.717) is 0 Å². The molecule has 13 aromatic rings. The molecule has 13 rings (SSSR count). The average Bonchev–Trinajstić information content (AvgIpc) is 3.94. The first kappa shape index (κ1) is 30.7. The molecular weight excluding hydrogens is 695 g/mol. The van der Waals surface area contributed by atoms with Crippen molar-refractivity contribution in [3.8, 4) is 27.9 Å². The number of rotatable bonds is 3. The molecule has 3 nitrogen and oxygen atoms in total. The summed E-state index contributed by atoms with van der Waals surface area (Å²) < 4.78 is 15.2. The second kappa shape index (κ2) is 11.5. The van der Waals surface area contributed by atoms with Gasteiger partial charge >= 0.3 is 0 Å². The highest BCUT2D eigenvalue weighted by Gasteiger charge is 2.17. The van der Waals surface area contributed by atoms with Gasteiger partial charge in [-0.3, -0.25) is 0 Å². The van der Waals surface area contributed by atoms with Gasteiger partial charge < -0.3 is 13.4 Å². The minimum Gasteiger partial charge on any atom is -0.456 e. The minimum absolute atomic E-state index is 0.895. The van der Waals surface area contributed by atoms with Crippen LogP contribution in [0.25, 0.3) is 126 Å². The standard InChI is InChI=1S/C54H31NO2/c1-2-10-40-32(8-1)9-7-13-41(40)37-20-25-53-48(30-37)47-29-35(19-24-52(47)56-53)34-18-23-50-46(28-34)42-11-3-5-14-49(42)55(50)39-21-16-33-26-36-17-22-44-43-12-4-6-15-51(43)57-54(44)45(36)31-38(33)27-39/h1-31H. The van der Waals surface area contributed by atoms with Crippen LogP contribution in [0.5, 0.6) is 0 Å². The predicted octanol–water partition coefficient (Wildman–Crippen LogP) is 15.4. The van der Waals surface area contributed by atoms with Crippen molar-refractivity contribution in [1.82, 2.24) is 4.57 Å². The Hall–Kier alpha value is -7.62. The largest absolute Gasteiger partial charge is 0.456 e. The van der Waals surface area contributed by atoms with Gasteiger partial charge in [-0.25, -0.2) is 0 Å². The molecule has 0 aliphatic carbocycles. The van der Waals surface area contributed by atoms with Gasteiger partial charge in [-0.05, 0) is 128 Å². The third kappa shape index (κ3) is 4.48. The molecule has 0 N–H and O–H groups in total. The lowest BCUT2D eigenvalue weighted by Crippen LogP contribution is -1.94. The third-order valence-electron chi connectivity index (χ3n) is 12.1. The van der Waals surface area contributed by atoms with Gasteiger partial charge in [-0.2, -0.15) is 0 Å². The predicted molar refractivity (Wildman–Crippen MR) is 239 cm³/mol. The fourth-order valence-electron chi connectivity index (χ4n) is 9.41. The van der Waals surface area contributed by atoms with Crippen LogP contribution in [0.3, 0.4) is 0 Å². The van der Waals surface area contributed by atoms with Crippen LogP contribution in [0.1, 0.15) is 0 Å². The molecule has 0 unspecified atom stereocenters. The molecule has 0 atom stereocenters. The van der Waals surface area contributed by atoms with E-state index in [-0.39, 0.29) is 0 Å². The molecule has 264 valence electrons. The monoisotopic (exact) mass is 725 g/mol. The van der Waals surface area contributed by atoms with Crippen molar-refractivity contribution in [2.75, 3.05) is 0 Å². The molecule has 0 bridgehead atoms. The number of hydrogen-bond acceptors (Lipinski definition) is 2. The van der Waals surface area contributed by atoms with E-state index < -0.39 is 0 Å². The van der Waals surface area contributed by atoms with E-state index in [1.54, 1.807) is 0 Å². The van der Waals surface area contributed by atoms with Crippen LogP contribution in [0.4, 0.5) is 0 Å². The molecule has 0 spiro atoms. The maximum atomic E-state index is 6.45. The number of para-hydroxylation sites is 2. The van der Waals surface area contributed by atoms with Crippen LogP contribution >= 0.6 is 0 Å². The Morgan fingerprint density at radius 2 is 0.965 bits per heavy atom. The topological polar surface area (TPSA) is 31.2 Å². The molecule has 0 radical (unpaired) electrons. The van der Waals surface area contributed by atoms with Crippen LogP contribution in [0, 0.1) is 0 Å². The lowest BCUT2D eigenvalue weighted by Gasteiger charge is -2.11. The molecule has 0 fully saturated rings. The number of furan rings is 2. The third-order valence-corrected chi connectivity index (χ3v) is 12.1. The molecule has 0 aliphatic heterocycles. The summed E-state index contributed by atoms with van der Waals surface area (Å²) in [6.07, 6.45) is 0. The number of aromatic nitrogens is 1. The smallest absolute Gasteiger partial charge is 0.143 e. The van der Waals surface area contributed by atoms with Crippen LogP contribution < -0.4 is 0 Å². The second-order valence-electron chi connectivity index (χ2n) is 15.3. The SMILES string of the molecule is c1ccc2c(-c3ccc4oc5ccc(-c6ccc7c(c6)c6ccccc6n7-c6ccc7cc8ccc9c%10ccccc%10oc9c8cc7c6)cc5c4c3)cccc2c1. The van der Waals surface area contributed by atoms with Gasteiger partial charge in [0.25, 0.3) is 0 Å². The van der Waals surface area contributed by atoms with E-state index in [1.165, 1.54) is 65.4 Å². The van der Waals surface area contributed by atoms with Crippen molar-refractivity contribution in [1.29, 1.82) is 0 Å². The van der Waals surface area contributed by atoms with Gasteiger partial charge in [0.2, 0.25) is 0 Å². The van der Waals surface area contributed by atoms with Crippen molar-refractivity contribution in [3.05, 3.63) is 188 Å². The van der Waals surface area contributed by atoms with Gasteiger partial charge in [0, 0.05) is 43.4 Å². The normalized spacial score (nSPS) is 12.2. The molecule has 57 heavy (non-hydrogen) atoms. The van der Waals surface area contributed by atoms with Crippen LogP contribution in [0.2, 0.25) is 0 Å². The van der Waals surface area contributed by atoms with Crippen molar-refractivity contribution in [3.63, 3.8) is 0 Å². The molecule has 0 saturated carbocycles. The number of hydrogen-bond donors (Lipinski definition) is 0. The summed E-state index contributed by atoms with van der Waals surface area (Å²) in [5.74, 6) is 0. The first-order valence-corrected chi connectivity index (χ1v) is 19.5. The van der Waals surface area contributed by atoms with E-state index in [4.69, 9.17) is 8.83 Å². The quantitative estimate of drug-likeness (QED) is 0.170. The summed E-state index contributed by atoms with van der Waals surface area (Å²) in [7, 11) is 0. The highest BCUT2D eigenvalue weighted by Crippen LogP contribution is 2.41. The summed E-state index contributed by atoms with van der Waals surface area (Å²) in [5.41, 5.74) is 11.9. The van der Waals surface area contributed by atoms with Crippen LogP contribution in [0.15, 0.2) is 197 Å². The van der Waals surface area contributed by atoms with Gasteiger partial charge in [-0.15, -0.1) is 0 Å². The number of benzene rings is 10. The van der Waals surface area contributed by atoms with Gasteiger partial charge in [0.1, 0.15) is 22.3 Å². The highest BCUT2D eigenvalue weighted by molar-refractivity contribution is 6.18. The zero-order valence-corrected chi connectivity index (χ0v) is 30.7. The molecule has 3 heterocycles. The molecule has 10 aromatic carbocycles. The number of nitrogens with zero attached hydrogens (tertiary/aromatic N) is 1. The average molecular weight is 726 g/mol. The van der Waals surface area contributed by atoms with Crippen molar-refractivity contribution < 1.29 is 8.83 Å². The fourth-order valence-corrected chi connectivity index (χ4v) is 9.41. The fraction of sp³-hybridized carbons (Fsp3) is 0. The molecule has 0 amide bonds. The van der Waals surface area contributed by atoms with Crippen LogP contribution in [-0.4, -0.2) is 4.57 Å². The van der Waals surface area contributed by atoms with Crippen LogP contribution in [-0.2, 0) is 0 Å². The first-order valence-electron chi connectivity index (χ1n) is 19.5. The Labute approximate surface area is 326 Å². The Morgan fingerprint density at radius 3 is 1.86 bits per heavy atom. The maximum absolute atomic E-state index is 6.45. The summed E-state index contributed by atoms with van der Waals surface area (Å²) in [4.78, 5) is 0. The van der Waals surface area contributed by atoms with E-state index >= 15 is 0 Å². The zero-order chi connectivity index (χ0) is 37.2. The van der Waals surface area contributed by atoms with E-state index in [2.05, 4.69) is 187 Å². The van der Waals surface area contributed by atoms with E-state index in [1.807, 2.05) is 6.07 Å². The van der Waals surface area contributed by atoms with Gasteiger partial charge in [0.05, 0.1) is 11.0 Å². The molecular formula is C54H31NO2. The van der Waals surface area contributed by atoms with Crippen molar-refractivity contribution in [2.45, 2.75) is 0 Å². The molecule has 3 aromatic heterocycles. The number of fused-ring (bicyclic) bond motifs is 13. The molecule has 0 aliphatic rings. The molecule has 3 heteroatoms. The maximum Gasteiger partial charge on any atom is 0.143 e. The summed E-state index contributed by atoms with van der Waals surface area (Å²) >= 11 is 0. The summed E-state index contributed by atoms with van der Waals surface area (Å²) in [5, 5.41) is 14.2. The Bertz CT molecular complexity index is 3810. The summed E-state index contributed by atoms with van der Waals surface area (Å²) in [6, 6.07) is 68.0. The minimum atomic E-state index is 0.895. The van der Waals surface area contributed by atoms with Crippen molar-refractivity contribution in [2.24, 2.45) is 0 Å². The zero-order valence-electron chi connectivity index (χ0n) is 30.7. The highest BCUT2D eigenvalue weighted by atomic mass is 16.3. The lowest BCUT2D eigenvalue weighted by molar-refractivity contribution is 0.669. The Balaban J connectivity index is 0.952. The van der Waals surface area contributed by atoms with Crippen molar-refractivity contribution >= 4 is 98.0 Å².